The summed E-state index contributed by atoms with van der Waals surface area (Å²) in [6.45, 7) is 1.81. The van der Waals surface area contributed by atoms with Gasteiger partial charge in [0.1, 0.15) is 5.75 Å². The number of para-hydroxylation sites is 2. The van der Waals surface area contributed by atoms with Crippen LogP contribution in [0.4, 0.5) is 5.69 Å². The van der Waals surface area contributed by atoms with Gasteiger partial charge in [-0.1, -0.05) is 35.5 Å². The van der Waals surface area contributed by atoms with E-state index in [1.165, 1.54) is 6.26 Å². The molecule has 0 fully saturated rings. The van der Waals surface area contributed by atoms with Crippen molar-refractivity contribution in [2.24, 2.45) is 0 Å². The van der Waals surface area contributed by atoms with Crippen LogP contribution in [0, 0.1) is 6.92 Å². The first kappa shape index (κ1) is 17.5. The van der Waals surface area contributed by atoms with Crippen molar-refractivity contribution in [2.45, 2.75) is 6.92 Å². The number of aromatic nitrogens is 2. The van der Waals surface area contributed by atoms with E-state index in [1.54, 1.807) is 24.3 Å². The molecule has 4 rings (SSSR count). The van der Waals surface area contributed by atoms with E-state index in [0.717, 1.165) is 5.56 Å². The number of hydrogen-bond donors (Lipinski definition) is 1. The van der Waals surface area contributed by atoms with Gasteiger partial charge in [0.25, 0.3) is 11.8 Å². The fourth-order valence-electron chi connectivity index (χ4n) is 2.67. The summed E-state index contributed by atoms with van der Waals surface area (Å²) >= 11 is 0. The van der Waals surface area contributed by atoms with Gasteiger partial charge < -0.3 is 19.0 Å². The zero-order chi connectivity index (χ0) is 19.3. The SMILES string of the molecule is Cc1ccccc1OCC(=O)Nc1ccccc1-c1nc(-c2ccco2)no1. The van der Waals surface area contributed by atoms with Crippen LogP contribution in [0.25, 0.3) is 23.0 Å². The van der Waals surface area contributed by atoms with Gasteiger partial charge in [0.15, 0.2) is 12.4 Å². The molecule has 7 heteroatoms. The Hall–Kier alpha value is -3.87. The summed E-state index contributed by atoms with van der Waals surface area (Å²) < 4.78 is 16.2. The van der Waals surface area contributed by atoms with Crippen molar-refractivity contribution in [1.29, 1.82) is 0 Å². The first-order valence-electron chi connectivity index (χ1n) is 8.66. The standard InChI is InChI=1S/C21H17N3O4/c1-14-7-2-5-10-17(14)27-13-19(25)22-16-9-4-3-8-15(16)21-23-20(24-28-21)18-11-6-12-26-18/h2-12H,13H2,1H3,(H,22,25). The number of anilines is 1. The number of amides is 1. The van der Waals surface area contributed by atoms with E-state index >= 15 is 0 Å². The van der Waals surface area contributed by atoms with Crippen molar-refractivity contribution < 1.29 is 18.5 Å². The van der Waals surface area contributed by atoms with E-state index in [9.17, 15) is 4.79 Å². The smallest absolute Gasteiger partial charge is 0.262 e. The molecule has 1 N–H and O–H groups in total. The molecule has 0 bridgehead atoms. The quantitative estimate of drug-likeness (QED) is 0.540. The van der Waals surface area contributed by atoms with Crippen LogP contribution in [-0.4, -0.2) is 22.7 Å². The molecular weight excluding hydrogens is 358 g/mol. The lowest BCUT2D eigenvalue weighted by Gasteiger charge is -2.11. The van der Waals surface area contributed by atoms with Crippen molar-refractivity contribution >= 4 is 11.6 Å². The molecule has 4 aromatic rings. The number of hydrogen-bond acceptors (Lipinski definition) is 6. The Balaban J connectivity index is 1.49. The van der Waals surface area contributed by atoms with Crippen LogP contribution in [0.5, 0.6) is 5.75 Å². The van der Waals surface area contributed by atoms with Crippen LogP contribution >= 0.6 is 0 Å². The summed E-state index contributed by atoms with van der Waals surface area (Å²) in [6.07, 6.45) is 1.54. The first-order valence-corrected chi connectivity index (χ1v) is 8.66. The number of carbonyl (C=O) groups is 1. The summed E-state index contributed by atoms with van der Waals surface area (Å²) in [5.41, 5.74) is 2.12. The molecule has 140 valence electrons. The van der Waals surface area contributed by atoms with Crippen LogP contribution in [0.2, 0.25) is 0 Å². The summed E-state index contributed by atoms with van der Waals surface area (Å²) in [4.78, 5) is 16.7. The molecule has 0 aliphatic carbocycles. The van der Waals surface area contributed by atoms with Gasteiger partial charge in [0, 0.05) is 0 Å². The number of rotatable bonds is 6. The zero-order valence-electron chi connectivity index (χ0n) is 15.1. The highest BCUT2D eigenvalue weighted by molar-refractivity contribution is 5.95. The number of ether oxygens (including phenoxy) is 1. The van der Waals surface area contributed by atoms with Gasteiger partial charge in [-0.15, -0.1) is 0 Å². The summed E-state index contributed by atoms with van der Waals surface area (Å²) in [5.74, 6) is 1.50. The lowest BCUT2D eigenvalue weighted by Crippen LogP contribution is -2.20. The molecular formula is C21H17N3O4. The van der Waals surface area contributed by atoms with E-state index in [-0.39, 0.29) is 18.4 Å². The van der Waals surface area contributed by atoms with E-state index in [4.69, 9.17) is 13.7 Å². The van der Waals surface area contributed by atoms with E-state index in [1.807, 2.05) is 43.3 Å². The fraction of sp³-hybridized carbons (Fsp3) is 0.0952. The monoisotopic (exact) mass is 375 g/mol. The van der Waals surface area contributed by atoms with Gasteiger partial charge >= 0.3 is 0 Å². The molecule has 2 aromatic heterocycles. The molecule has 0 aliphatic rings. The summed E-state index contributed by atoms with van der Waals surface area (Å²) in [5, 5.41) is 6.75. The van der Waals surface area contributed by atoms with E-state index < -0.39 is 0 Å². The Bertz CT molecular complexity index is 1090. The van der Waals surface area contributed by atoms with Gasteiger partial charge in [-0.25, -0.2) is 0 Å². The number of nitrogens with one attached hydrogen (secondary N) is 1. The molecule has 0 radical (unpaired) electrons. The normalized spacial score (nSPS) is 10.6. The van der Waals surface area contributed by atoms with Crippen LogP contribution in [0.3, 0.4) is 0 Å². The molecule has 2 heterocycles. The number of nitrogens with zero attached hydrogens (tertiary/aromatic N) is 2. The molecule has 1 amide bonds. The van der Waals surface area contributed by atoms with Crippen LogP contribution < -0.4 is 10.1 Å². The Kier molecular flexibility index (Phi) is 4.88. The predicted molar refractivity (Wildman–Crippen MR) is 103 cm³/mol. The maximum absolute atomic E-state index is 12.4. The minimum atomic E-state index is -0.290. The van der Waals surface area contributed by atoms with Crippen molar-refractivity contribution in [2.75, 3.05) is 11.9 Å². The Morgan fingerprint density at radius 1 is 1.07 bits per heavy atom. The highest BCUT2D eigenvalue weighted by atomic mass is 16.5. The highest BCUT2D eigenvalue weighted by Gasteiger charge is 2.16. The number of furan rings is 1. The number of benzene rings is 2. The summed E-state index contributed by atoms with van der Waals surface area (Å²) in [6, 6.07) is 18.2. The van der Waals surface area contributed by atoms with Crippen molar-refractivity contribution in [1.82, 2.24) is 10.1 Å². The molecule has 0 aliphatic heterocycles. The highest BCUT2D eigenvalue weighted by Crippen LogP contribution is 2.28. The van der Waals surface area contributed by atoms with Crippen molar-refractivity contribution in [3.8, 4) is 28.8 Å². The molecule has 2 aromatic carbocycles. The average molecular weight is 375 g/mol. The maximum atomic E-state index is 12.4. The minimum Gasteiger partial charge on any atom is -0.483 e. The minimum absolute atomic E-state index is 0.110. The predicted octanol–water partition coefficient (Wildman–Crippen LogP) is 4.32. The molecule has 0 unspecified atom stereocenters. The molecule has 0 saturated carbocycles. The average Bonchev–Trinajstić information content (AvgIpc) is 3.39. The summed E-state index contributed by atoms with van der Waals surface area (Å²) in [7, 11) is 0. The Morgan fingerprint density at radius 2 is 1.89 bits per heavy atom. The molecule has 0 saturated heterocycles. The molecule has 0 atom stereocenters. The van der Waals surface area contributed by atoms with Crippen LogP contribution in [-0.2, 0) is 4.79 Å². The maximum Gasteiger partial charge on any atom is 0.262 e. The van der Waals surface area contributed by atoms with Gasteiger partial charge in [0.2, 0.25) is 5.82 Å². The third kappa shape index (κ3) is 3.78. The van der Waals surface area contributed by atoms with E-state index in [2.05, 4.69) is 15.5 Å². The number of aryl methyl sites for hydroxylation is 1. The second-order valence-electron chi connectivity index (χ2n) is 6.05. The van der Waals surface area contributed by atoms with Gasteiger partial charge in [-0.3, -0.25) is 4.79 Å². The second kappa shape index (κ2) is 7.79. The largest absolute Gasteiger partial charge is 0.483 e. The lowest BCUT2D eigenvalue weighted by atomic mass is 10.1. The molecule has 0 spiro atoms. The van der Waals surface area contributed by atoms with E-state index in [0.29, 0.717) is 28.6 Å². The Labute approximate surface area is 161 Å². The third-order valence-electron chi connectivity index (χ3n) is 4.05. The molecule has 28 heavy (non-hydrogen) atoms. The van der Waals surface area contributed by atoms with Crippen molar-refractivity contribution in [3.63, 3.8) is 0 Å². The fourth-order valence-corrected chi connectivity index (χ4v) is 2.67. The molecule has 7 nitrogen and oxygen atoms in total. The van der Waals surface area contributed by atoms with Crippen LogP contribution in [0.1, 0.15) is 5.56 Å². The third-order valence-corrected chi connectivity index (χ3v) is 4.05. The Morgan fingerprint density at radius 3 is 2.71 bits per heavy atom. The topological polar surface area (TPSA) is 90.4 Å². The number of carbonyl (C=O) groups excluding carboxylic acids is 1. The lowest BCUT2D eigenvalue weighted by molar-refractivity contribution is -0.118. The first-order chi connectivity index (χ1) is 13.7. The van der Waals surface area contributed by atoms with Crippen LogP contribution in [0.15, 0.2) is 75.9 Å². The van der Waals surface area contributed by atoms with Crippen molar-refractivity contribution in [3.05, 3.63) is 72.5 Å². The van der Waals surface area contributed by atoms with Gasteiger partial charge in [-0.05, 0) is 42.8 Å². The second-order valence-corrected chi connectivity index (χ2v) is 6.05. The van der Waals surface area contributed by atoms with Gasteiger partial charge in [0.05, 0.1) is 17.5 Å². The zero-order valence-corrected chi connectivity index (χ0v) is 15.1. The van der Waals surface area contributed by atoms with Gasteiger partial charge in [-0.2, -0.15) is 4.98 Å².